The molecule has 152 valence electrons. The molecule has 1 amide bonds. The van der Waals surface area contributed by atoms with Crippen molar-refractivity contribution in [2.75, 3.05) is 36.5 Å². The zero-order chi connectivity index (χ0) is 20.9. The third-order valence-corrected chi connectivity index (χ3v) is 4.86. The van der Waals surface area contributed by atoms with E-state index in [4.69, 9.17) is 4.74 Å². The lowest BCUT2D eigenvalue weighted by Gasteiger charge is -2.27. The minimum atomic E-state index is -0.425. The first-order chi connectivity index (χ1) is 14.6. The first-order valence-corrected chi connectivity index (χ1v) is 9.61. The van der Waals surface area contributed by atoms with E-state index in [1.807, 2.05) is 6.07 Å². The SMILES string of the molecule is O=C(Nc1ccc(N2CCOCC2)nc1)c1ccccc1C(=O)c1ccc(F)cc1. The smallest absolute Gasteiger partial charge is 0.256 e. The van der Waals surface area contributed by atoms with E-state index in [0.717, 1.165) is 18.9 Å². The quantitative estimate of drug-likeness (QED) is 0.658. The summed E-state index contributed by atoms with van der Waals surface area (Å²) in [6.07, 6.45) is 1.59. The number of anilines is 2. The monoisotopic (exact) mass is 405 g/mol. The third-order valence-electron chi connectivity index (χ3n) is 4.86. The molecular formula is C23H20FN3O3. The van der Waals surface area contributed by atoms with Gasteiger partial charge in [0.25, 0.3) is 5.91 Å². The molecule has 0 aliphatic carbocycles. The number of hydrogen-bond donors (Lipinski definition) is 1. The van der Waals surface area contributed by atoms with Gasteiger partial charge in [-0.05, 0) is 42.5 Å². The Kier molecular flexibility index (Phi) is 5.81. The lowest BCUT2D eigenvalue weighted by molar-refractivity contribution is 0.0996. The number of nitrogens with one attached hydrogen (secondary N) is 1. The van der Waals surface area contributed by atoms with Crippen molar-refractivity contribution in [3.8, 4) is 0 Å². The van der Waals surface area contributed by atoms with E-state index < -0.39 is 11.7 Å². The van der Waals surface area contributed by atoms with E-state index in [1.54, 1.807) is 36.5 Å². The van der Waals surface area contributed by atoms with E-state index in [1.165, 1.54) is 24.3 Å². The maximum Gasteiger partial charge on any atom is 0.256 e. The van der Waals surface area contributed by atoms with Gasteiger partial charge in [-0.1, -0.05) is 18.2 Å². The Labute approximate surface area is 173 Å². The van der Waals surface area contributed by atoms with E-state index in [2.05, 4.69) is 15.2 Å². The van der Waals surface area contributed by atoms with Gasteiger partial charge in [-0.2, -0.15) is 0 Å². The van der Waals surface area contributed by atoms with Crippen molar-refractivity contribution in [1.29, 1.82) is 0 Å². The van der Waals surface area contributed by atoms with Crippen molar-refractivity contribution >= 4 is 23.2 Å². The number of hydrogen-bond acceptors (Lipinski definition) is 5. The van der Waals surface area contributed by atoms with Crippen LogP contribution >= 0.6 is 0 Å². The number of pyridine rings is 1. The number of ether oxygens (including phenoxy) is 1. The second-order valence-corrected chi connectivity index (χ2v) is 6.84. The standard InChI is InChI=1S/C23H20FN3O3/c24-17-7-5-16(6-8-17)22(28)19-3-1-2-4-20(19)23(29)26-18-9-10-21(25-15-18)27-11-13-30-14-12-27/h1-10,15H,11-14H2,(H,26,29). The Balaban J connectivity index is 1.51. The second-order valence-electron chi connectivity index (χ2n) is 6.84. The van der Waals surface area contributed by atoms with Gasteiger partial charge in [0.2, 0.25) is 0 Å². The number of ketones is 1. The lowest BCUT2D eigenvalue weighted by atomic mass is 9.98. The van der Waals surface area contributed by atoms with Crippen LogP contribution in [0.4, 0.5) is 15.9 Å². The van der Waals surface area contributed by atoms with Crippen molar-refractivity contribution in [2.45, 2.75) is 0 Å². The molecule has 4 rings (SSSR count). The molecule has 1 aliphatic heterocycles. The molecule has 0 saturated carbocycles. The van der Waals surface area contributed by atoms with E-state index in [-0.39, 0.29) is 16.9 Å². The van der Waals surface area contributed by atoms with Crippen molar-refractivity contribution in [3.63, 3.8) is 0 Å². The average Bonchev–Trinajstić information content (AvgIpc) is 2.80. The number of morpholine rings is 1. The van der Waals surface area contributed by atoms with Crippen LogP contribution in [0, 0.1) is 5.82 Å². The van der Waals surface area contributed by atoms with Crippen LogP contribution in [-0.4, -0.2) is 43.0 Å². The van der Waals surface area contributed by atoms with Gasteiger partial charge >= 0.3 is 0 Å². The lowest BCUT2D eigenvalue weighted by Crippen LogP contribution is -2.36. The van der Waals surface area contributed by atoms with Gasteiger partial charge in [0, 0.05) is 24.2 Å². The minimum absolute atomic E-state index is 0.240. The Morgan fingerprint density at radius 1 is 0.933 bits per heavy atom. The summed E-state index contributed by atoms with van der Waals surface area (Å²) in [5, 5.41) is 2.79. The summed E-state index contributed by atoms with van der Waals surface area (Å²) in [7, 11) is 0. The molecule has 0 atom stereocenters. The van der Waals surface area contributed by atoms with Crippen molar-refractivity contribution < 1.29 is 18.7 Å². The van der Waals surface area contributed by atoms with Gasteiger partial charge in [-0.3, -0.25) is 9.59 Å². The summed E-state index contributed by atoms with van der Waals surface area (Å²) in [4.78, 5) is 32.2. The van der Waals surface area contributed by atoms with Crippen LogP contribution in [0.1, 0.15) is 26.3 Å². The number of amides is 1. The molecule has 7 heteroatoms. The number of benzene rings is 2. The third kappa shape index (κ3) is 4.36. The summed E-state index contributed by atoms with van der Waals surface area (Å²) >= 11 is 0. The molecule has 1 aliphatic rings. The van der Waals surface area contributed by atoms with Gasteiger partial charge in [0.15, 0.2) is 5.78 Å². The molecule has 0 spiro atoms. The molecule has 1 fully saturated rings. The molecule has 2 heterocycles. The zero-order valence-corrected chi connectivity index (χ0v) is 16.2. The Bertz CT molecular complexity index is 1050. The summed E-state index contributed by atoms with van der Waals surface area (Å²) < 4.78 is 18.5. The molecule has 3 aromatic rings. The number of halogens is 1. The van der Waals surface area contributed by atoms with Crippen molar-refractivity contribution in [2.24, 2.45) is 0 Å². The Morgan fingerprint density at radius 3 is 2.30 bits per heavy atom. The fraction of sp³-hybridized carbons (Fsp3) is 0.174. The number of nitrogens with zero attached hydrogens (tertiary/aromatic N) is 2. The summed E-state index contributed by atoms with van der Waals surface area (Å²) in [6.45, 7) is 2.88. The second kappa shape index (κ2) is 8.84. The summed E-state index contributed by atoms with van der Waals surface area (Å²) in [6, 6.07) is 15.4. The van der Waals surface area contributed by atoms with Gasteiger partial charge in [-0.25, -0.2) is 9.37 Å². The molecule has 30 heavy (non-hydrogen) atoms. The van der Waals surface area contributed by atoms with Crippen LogP contribution in [-0.2, 0) is 4.74 Å². The summed E-state index contributed by atoms with van der Waals surface area (Å²) in [5.74, 6) is -0.364. The fourth-order valence-corrected chi connectivity index (χ4v) is 3.27. The molecule has 1 saturated heterocycles. The van der Waals surface area contributed by atoms with Crippen molar-refractivity contribution in [3.05, 3.63) is 89.4 Å². The average molecular weight is 405 g/mol. The van der Waals surface area contributed by atoms with Crippen LogP contribution < -0.4 is 10.2 Å². The highest BCUT2D eigenvalue weighted by Crippen LogP contribution is 2.19. The van der Waals surface area contributed by atoms with Crippen LogP contribution in [0.15, 0.2) is 66.9 Å². The Morgan fingerprint density at radius 2 is 1.63 bits per heavy atom. The zero-order valence-electron chi connectivity index (χ0n) is 16.2. The molecule has 1 N–H and O–H groups in total. The van der Waals surface area contributed by atoms with Crippen LogP contribution in [0.3, 0.4) is 0 Å². The number of aromatic nitrogens is 1. The first kappa shape index (κ1) is 19.7. The first-order valence-electron chi connectivity index (χ1n) is 9.61. The number of carbonyl (C=O) groups is 2. The normalized spacial score (nSPS) is 13.7. The predicted molar refractivity (Wildman–Crippen MR) is 111 cm³/mol. The highest BCUT2D eigenvalue weighted by molar-refractivity contribution is 6.17. The van der Waals surface area contributed by atoms with Gasteiger partial charge in [0.05, 0.1) is 30.7 Å². The van der Waals surface area contributed by atoms with Crippen LogP contribution in [0.5, 0.6) is 0 Å². The maximum absolute atomic E-state index is 13.2. The topological polar surface area (TPSA) is 71.5 Å². The van der Waals surface area contributed by atoms with Gasteiger partial charge < -0.3 is 15.0 Å². The van der Waals surface area contributed by atoms with Crippen LogP contribution in [0.25, 0.3) is 0 Å². The van der Waals surface area contributed by atoms with E-state index in [0.29, 0.717) is 24.5 Å². The molecule has 2 aromatic carbocycles. The van der Waals surface area contributed by atoms with Crippen LogP contribution in [0.2, 0.25) is 0 Å². The molecule has 1 aromatic heterocycles. The Hall–Kier alpha value is -3.58. The summed E-state index contributed by atoms with van der Waals surface area (Å²) in [5.41, 5.74) is 1.33. The number of rotatable bonds is 5. The molecule has 0 unspecified atom stereocenters. The fourth-order valence-electron chi connectivity index (χ4n) is 3.27. The predicted octanol–water partition coefficient (Wildman–Crippen LogP) is 3.54. The van der Waals surface area contributed by atoms with E-state index >= 15 is 0 Å². The van der Waals surface area contributed by atoms with Gasteiger partial charge in [0.1, 0.15) is 11.6 Å². The highest BCUT2D eigenvalue weighted by Gasteiger charge is 2.19. The minimum Gasteiger partial charge on any atom is -0.378 e. The van der Waals surface area contributed by atoms with E-state index in [9.17, 15) is 14.0 Å². The largest absolute Gasteiger partial charge is 0.378 e. The highest BCUT2D eigenvalue weighted by atomic mass is 19.1. The molecule has 0 bridgehead atoms. The van der Waals surface area contributed by atoms with Crippen molar-refractivity contribution in [1.82, 2.24) is 4.98 Å². The molecule has 6 nitrogen and oxygen atoms in total. The van der Waals surface area contributed by atoms with Gasteiger partial charge in [-0.15, -0.1) is 0 Å². The molecular weight excluding hydrogens is 385 g/mol. The molecule has 0 radical (unpaired) electrons. The maximum atomic E-state index is 13.2. The number of carbonyl (C=O) groups excluding carboxylic acids is 2.